The van der Waals surface area contributed by atoms with Gasteiger partial charge in [0.25, 0.3) is 0 Å². The average Bonchev–Trinajstić information content (AvgIpc) is 2.24. The zero-order chi connectivity index (χ0) is 11.4. The molecule has 0 saturated heterocycles. The van der Waals surface area contributed by atoms with Crippen molar-refractivity contribution in [3.05, 3.63) is 23.8 Å². The van der Waals surface area contributed by atoms with Gasteiger partial charge in [-0.2, -0.15) is 0 Å². The van der Waals surface area contributed by atoms with Gasteiger partial charge in [0.2, 0.25) is 0 Å². The molecule has 3 heteroatoms. The van der Waals surface area contributed by atoms with E-state index in [0.29, 0.717) is 12.5 Å². The van der Waals surface area contributed by atoms with E-state index < -0.39 is 0 Å². The molecule has 0 fully saturated rings. The summed E-state index contributed by atoms with van der Waals surface area (Å²) < 4.78 is 0. The van der Waals surface area contributed by atoms with Gasteiger partial charge in [0.1, 0.15) is 0 Å². The van der Waals surface area contributed by atoms with Gasteiger partial charge in [-0.05, 0) is 36.1 Å². The summed E-state index contributed by atoms with van der Waals surface area (Å²) in [4.78, 5) is 0. The quantitative estimate of drug-likeness (QED) is 0.666. The predicted molar refractivity (Wildman–Crippen MR) is 61.0 cm³/mol. The lowest BCUT2D eigenvalue weighted by Crippen LogP contribution is -2.19. The lowest BCUT2D eigenvalue weighted by atomic mass is 9.85. The number of benzene rings is 1. The third kappa shape index (κ3) is 2.63. The number of aromatic hydroxyl groups is 2. The van der Waals surface area contributed by atoms with Crippen molar-refractivity contribution in [1.29, 1.82) is 0 Å². The zero-order valence-electron chi connectivity index (χ0n) is 9.27. The standard InChI is InChI=1S/C12H19NO2/c1-3-8(2)10(7-13)9-4-5-11(14)12(15)6-9/h4-6,8,10,14-15H,3,7,13H2,1-2H3. The molecule has 0 aliphatic heterocycles. The maximum atomic E-state index is 9.41. The van der Waals surface area contributed by atoms with Crippen molar-refractivity contribution >= 4 is 0 Å². The second kappa shape index (κ2) is 5.03. The molecule has 0 spiro atoms. The Balaban J connectivity index is 2.97. The van der Waals surface area contributed by atoms with Crippen LogP contribution in [0, 0.1) is 5.92 Å². The number of rotatable bonds is 4. The smallest absolute Gasteiger partial charge is 0.157 e. The molecule has 0 saturated carbocycles. The van der Waals surface area contributed by atoms with Gasteiger partial charge in [0, 0.05) is 0 Å². The van der Waals surface area contributed by atoms with E-state index in [2.05, 4.69) is 13.8 Å². The minimum atomic E-state index is -0.0846. The third-order valence-corrected chi connectivity index (χ3v) is 3.01. The first kappa shape index (κ1) is 11.9. The summed E-state index contributed by atoms with van der Waals surface area (Å²) in [5, 5.41) is 18.6. The van der Waals surface area contributed by atoms with E-state index in [1.54, 1.807) is 6.07 Å². The molecule has 0 bridgehead atoms. The maximum absolute atomic E-state index is 9.41. The van der Waals surface area contributed by atoms with Crippen molar-refractivity contribution in [3.63, 3.8) is 0 Å². The number of hydrogen-bond donors (Lipinski definition) is 3. The monoisotopic (exact) mass is 209 g/mol. The highest BCUT2D eigenvalue weighted by molar-refractivity contribution is 5.41. The summed E-state index contributed by atoms with van der Waals surface area (Å²) in [7, 11) is 0. The molecule has 1 aromatic rings. The predicted octanol–water partition coefficient (Wildman–Crippen LogP) is 2.19. The fourth-order valence-corrected chi connectivity index (χ4v) is 1.75. The van der Waals surface area contributed by atoms with E-state index in [1.807, 2.05) is 6.07 Å². The van der Waals surface area contributed by atoms with E-state index in [9.17, 15) is 10.2 Å². The van der Waals surface area contributed by atoms with Gasteiger partial charge in [0.15, 0.2) is 11.5 Å². The van der Waals surface area contributed by atoms with Crippen molar-refractivity contribution in [2.24, 2.45) is 11.7 Å². The zero-order valence-corrected chi connectivity index (χ0v) is 9.27. The number of hydrogen-bond acceptors (Lipinski definition) is 3. The molecule has 1 rings (SSSR count). The molecule has 84 valence electrons. The molecule has 0 aromatic heterocycles. The van der Waals surface area contributed by atoms with Crippen LogP contribution in [-0.2, 0) is 0 Å². The SMILES string of the molecule is CCC(C)C(CN)c1ccc(O)c(O)c1. The summed E-state index contributed by atoms with van der Waals surface area (Å²) in [5.74, 6) is 0.549. The van der Waals surface area contributed by atoms with Crippen LogP contribution in [0.2, 0.25) is 0 Å². The Morgan fingerprint density at radius 3 is 2.40 bits per heavy atom. The Bertz CT molecular complexity index is 325. The molecule has 4 N–H and O–H groups in total. The summed E-state index contributed by atoms with van der Waals surface area (Å²) in [5.41, 5.74) is 6.71. The Morgan fingerprint density at radius 1 is 1.27 bits per heavy atom. The third-order valence-electron chi connectivity index (χ3n) is 3.01. The van der Waals surface area contributed by atoms with E-state index in [-0.39, 0.29) is 17.4 Å². The maximum Gasteiger partial charge on any atom is 0.157 e. The molecule has 0 aliphatic carbocycles. The fourth-order valence-electron chi connectivity index (χ4n) is 1.75. The van der Waals surface area contributed by atoms with E-state index in [1.165, 1.54) is 6.07 Å². The van der Waals surface area contributed by atoms with Gasteiger partial charge in [0.05, 0.1) is 0 Å². The van der Waals surface area contributed by atoms with Gasteiger partial charge in [-0.1, -0.05) is 26.3 Å². The lowest BCUT2D eigenvalue weighted by molar-refractivity contribution is 0.399. The number of phenolic OH excluding ortho intramolecular Hbond substituents is 2. The van der Waals surface area contributed by atoms with Crippen molar-refractivity contribution in [2.75, 3.05) is 6.54 Å². The fraction of sp³-hybridized carbons (Fsp3) is 0.500. The van der Waals surface area contributed by atoms with Crippen LogP contribution >= 0.6 is 0 Å². The molecular formula is C12H19NO2. The molecule has 0 amide bonds. The molecule has 2 unspecified atom stereocenters. The van der Waals surface area contributed by atoms with Crippen LogP contribution in [0.4, 0.5) is 0 Å². The van der Waals surface area contributed by atoms with Gasteiger partial charge in [-0.25, -0.2) is 0 Å². The normalized spacial score (nSPS) is 14.9. The van der Waals surface area contributed by atoms with Gasteiger partial charge >= 0.3 is 0 Å². The van der Waals surface area contributed by atoms with Crippen LogP contribution in [0.15, 0.2) is 18.2 Å². The lowest BCUT2D eigenvalue weighted by Gasteiger charge is -2.21. The van der Waals surface area contributed by atoms with Crippen LogP contribution in [0.1, 0.15) is 31.7 Å². The van der Waals surface area contributed by atoms with E-state index in [4.69, 9.17) is 5.73 Å². The van der Waals surface area contributed by atoms with Crippen LogP contribution in [-0.4, -0.2) is 16.8 Å². The molecule has 15 heavy (non-hydrogen) atoms. The Kier molecular flexibility index (Phi) is 3.97. The summed E-state index contributed by atoms with van der Waals surface area (Å²) in [6, 6.07) is 4.92. The number of nitrogens with two attached hydrogens (primary N) is 1. The average molecular weight is 209 g/mol. The highest BCUT2D eigenvalue weighted by Crippen LogP contribution is 2.32. The molecule has 0 radical (unpaired) electrons. The highest BCUT2D eigenvalue weighted by Gasteiger charge is 2.17. The topological polar surface area (TPSA) is 66.5 Å². The molecular weight excluding hydrogens is 190 g/mol. The second-order valence-electron chi connectivity index (χ2n) is 3.98. The minimum absolute atomic E-state index is 0.0748. The van der Waals surface area contributed by atoms with Crippen molar-refractivity contribution in [1.82, 2.24) is 0 Å². The van der Waals surface area contributed by atoms with Crippen molar-refractivity contribution in [2.45, 2.75) is 26.2 Å². The largest absolute Gasteiger partial charge is 0.504 e. The second-order valence-corrected chi connectivity index (χ2v) is 3.98. The summed E-state index contributed by atoms with van der Waals surface area (Å²) in [6.45, 7) is 4.81. The van der Waals surface area contributed by atoms with Crippen molar-refractivity contribution < 1.29 is 10.2 Å². The molecule has 1 aromatic carbocycles. The number of phenols is 2. The van der Waals surface area contributed by atoms with Gasteiger partial charge in [-0.3, -0.25) is 0 Å². The molecule has 0 heterocycles. The first-order valence-corrected chi connectivity index (χ1v) is 5.32. The van der Waals surface area contributed by atoms with Crippen LogP contribution < -0.4 is 5.73 Å². The van der Waals surface area contributed by atoms with Gasteiger partial charge < -0.3 is 15.9 Å². The van der Waals surface area contributed by atoms with Crippen molar-refractivity contribution in [3.8, 4) is 11.5 Å². The van der Waals surface area contributed by atoms with Crippen LogP contribution in [0.5, 0.6) is 11.5 Å². The molecule has 2 atom stereocenters. The van der Waals surface area contributed by atoms with Crippen LogP contribution in [0.3, 0.4) is 0 Å². The van der Waals surface area contributed by atoms with Crippen LogP contribution in [0.25, 0.3) is 0 Å². The minimum Gasteiger partial charge on any atom is -0.504 e. The Labute approximate surface area is 90.5 Å². The van der Waals surface area contributed by atoms with E-state index >= 15 is 0 Å². The summed E-state index contributed by atoms with van der Waals surface area (Å²) >= 11 is 0. The highest BCUT2D eigenvalue weighted by atomic mass is 16.3. The first-order valence-electron chi connectivity index (χ1n) is 5.32. The molecule has 3 nitrogen and oxygen atoms in total. The van der Waals surface area contributed by atoms with E-state index in [0.717, 1.165) is 12.0 Å². The molecule has 0 aliphatic rings. The van der Waals surface area contributed by atoms with Gasteiger partial charge in [-0.15, -0.1) is 0 Å². The Hall–Kier alpha value is -1.22. The first-order chi connectivity index (χ1) is 7.10. The Morgan fingerprint density at radius 2 is 1.93 bits per heavy atom. The summed E-state index contributed by atoms with van der Waals surface area (Å²) in [6.07, 6.45) is 1.05.